The zero-order chi connectivity index (χ0) is 13.2. The average molecular weight is 291 g/mol. The standard InChI is InChI=1S/C11H15ClN2O3S/c12-10-7-8(13)1-2-11(10)14-18(15,16)9-3-5-17-6-4-9/h1-2,7,9,14H,3-6,13H2. The molecule has 0 saturated carbocycles. The highest BCUT2D eigenvalue weighted by Crippen LogP contribution is 2.27. The highest BCUT2D eigenvalue weighted by molar-refractivity contribution is 7.93. The minimum absolute atomic E-state index is 0.297. The van der Waals surface area contributed by atoms with Crippen molar-refractivity contribution in [3.05, 3.63) is 23.2 Å². The lowest BCUT2D eigenvalue weighted by Gasteiger charge is -2.23. The van der Waals surface area contributed by atoms with E-state index < -0.39 is 15.3 Å². The fraction of sp³-hybridized carbons (Fsp3) is 0.455. The Morgan fingerprint density at radius 2 is 2.00 bits per heavy atom. The third kappa shape index (κ3) is 3.07. The molecule has 1 saturated heterocycles. The number of hydrogen-bond donors (Lipinski definition) is 2. The lowest BCUT2D eigenvalue weighted by atomic mass is 10.2. The van der Waals surface area contributed by atoms with E-state index in [-0.39, 0.29) is 0 Å². The van der Waals surface area contributed by atoms with Crippen LogP contribution in [-0.4, -0.2) is 26.9 Å². The third-order valence-electron chi connectivity index (χ3n) is 2.85. The van der Waals surface area contributed by atoms with Gasteiger partial charge in [-0.3, -0.25) is 4.72 Å². The van der Waals surface area contributed by atoms with E-state index in [2.05, 4.69) is 4.72 Å². The number of rotatable bonds is 3. The second-order valence-corrected chi connectivity index (χ2v) is 6.57. The fourth-order valence-corrected chi connectivity index (χ4v) is 3.59. The molecule has 2 rings (SSSR count). The molecule has 1 aromatic rings. The number of anilines is 2. The molecule has 100 valence electrons. The monoisotopic (exact) mass is 290 g/mol. The Kier molecular flexibility index (Phi) is 3.99. The van der Waals surface area contributed by atoms with Crippen molar-refractivity contribution in [3.8, 4) is 0 Å². The van der Waals surface area contributed by atoms with Gasteiger partial charge in [-0.15, -0.1) is 0 Å². The normalized spacial score (nSPS) is 17.6. The van der Waals surface area contributed by atoms with Gasteiger partial charge in [0, 0.05) is 18.9 Å². The van der Waals surface area contributed by atoms with Gasteiger partial charge in [-0.1, -0.05) is 11.6 Å². The molecule has 0 spiro atoms. The van der Waals surface area contributed by atoms with E-state index in [1.807, 2.05) is 0 Å². The van der Waals surface area contributed by atoms with Crippen molar-refractivity contribution < 1.29 is 13.2 Å². The van der Waals surface area contributed by atoms with Crippen molar-refractivity contribution >= 4 is 33.0 Å². The molecule has 5 nitrogen and oxygen atoms in total. The van der Waals surface area contributed by atoms with Gasteiger partial charge in [-0.05, 0) is 31.0 Å². The van der Waals surface area contributed by atoms with Gasteiger partial charge < -0.3 is 10.5 Å². The first kappa shape index (κ1) is 13.5. The van der Waals surface area contributed by atoms with Crippen molar-refractivity contribution in [2.24, 2.45) is 0 Å². The first-order chi connectivity index (χ1) is 8.49. The van der Waals surface area contributed by atoms with Gasteiger partial charge in [-0.2, -0.15) is 0 Å². The highest BCUT2D eigenvalue weighted by Gasteiger charge is 2.28. The van der Waals surface area contributed by atoms with Crippen molar-refractivity contribution in [3.63, 3.8) is 0 Å². The van der Waals surface area contributed by atoms with Crippen LogP contribution >= 0.6 is 11.6 Å². The summed E-state index contributed by atoms with van der Waals surface area (Å²) in [4.78, 5) is 0. The summed E-state index contributed by atoms with van der Waals surface area (Å²) in [7, 11) is -3.43. The minimum atomic E-state index is -3.43. The predicted octanol–water partition coefficient (Wildman–Crippen LogP) is 1.84. The maximum Gasteiger partial charge on any atom is 0.235 e. The molecule has 7 heteroatoms. The molecule has 0 unspecified atom stereocenters. The van der Waals surface area contributed by atoms with E-state index in [4.69, 9.17) is 22.1 Å². The van der Waals surface area contributed by atoms with E-state index in [9.17, 15) is 8.42 Å². The van der Waals surface area contributed by atoms with Gasteiger partial charge in [0.15, 0.2) is 0 Å². The van der Waals surface area contributed by atoms with Crippen LogP contribution in [0.4, 0.5) is 11.4 Å². The van der Waals surface area contributed by atoms with Gasteiger partial charge in [0.25, 0.3) is 0 Å². The Labute approximate surface area is 111 Å². The summed E-state index contributed by atoms with van der Waals surface area (Å²) in [5.41, 5.74) is 6.41. The van der Waals surface area contributed by atoms with E-state index in [0.29, 0.717) is 42.5 Å². The van der Waals surface area contributed by atoms with Crippen LogP contribution in [0.3, 0.4) is 0 Å². The van der Waals surface area contributed by atoms with Crippen LogP contribution in [0.2, 0.25) is 5.02 Å². The zero-order valence-corrected chi connectivity index (χ0v) is 11.3. The molecule has 0 atom stereocenters. The number of sulfonamides is 1. The smallest absolute Gasteiger partial charge is 0.235 e. The number of ether oxygens (including phenoxy) is 1. The minimum Gasteiger partial charge on any atom is -0.399 e. The van der Waals surface area contributed by atoms with Gasteiger partial charge in [0.1, 0.15) is 0 Å². The molecule has 1 aliphatic rings. The maximum atomic E-state index is 12.1. The third-order valence-corrected chi connectivity index (χ3v) is 5.02. The first-order valence-corrected chi connectivity index (χ1v) is 7.56. The molecular formula is C11H15ClN2O3S. The predicted molar refractivity (Wildman–Crippen MR) is 72.2 cm³/mol. The molecule has 18 heavy (non-hydrogen) atoms. The zero-order valence-electron chi connectivity index (χ0n) is 9.73. The lowest BCUT2D eigenvalue weighted by Crippen LogP contribution is -2.33. The van der Waals surface area contributed by atoms with Gasteiger partial charge in [-0.25, -0.2) is 8.42 Å². The average Bonchev–Trinajstić information content (AvgIpc) is 2.34. The summed E-state index contributed by atoms with van der Waals surface area (Å²) >= 11 is 5.94. The van der Waals surface area contributed by atoms with Crippen LogP contribution in [-0.2, 0) is 14.8 Å². The number of benzene rings is 1. The van der Waals surface area contributed by atoms with E-state index in [1.54, 1.807) is 12.1 Å². The molecule has 1 fully saturated rings. The summed E-state index contributed by atoms with van der Waals surface area (Å²) in [6.07, 6.45) is 1.00. The molecule has 1 heterocycles. The van der Waals surface area contributed by atoms with Crippen LogP contribution in [0.5, 0.6) is 0 Å². The van der Waals surface area contributed by atoms with Crippen molar-refractivity contribution in [1.82, 2.24) is 0 Å². The van der Waals surface area contributed by atoms with E-state index >= 15 is 0 Å². The summed E-state index contributed by atoms with van der Waals surface area (Å²) < 4.78 is 31.9. The topological polar surface area (TPSA) is 81.4 Å². The van der Waals surface area contributed by atoms with E-state index in [0.717, 1.165) is 0 Å². The van der Waals surface area contributed by atoms with Gasteiger partial charge in [0.2, 0.25) is 10.0 Å². The number of nitrogens with one attached hydrogen (secondary N) is 1. The molecular weight excluding hydrogens is 276 g/mol. The Bertz CT molecular complexity index is 527. The second-order valence-electron chi connectivity index (χ2n) is 4.20. The molecule has 0 bridgehead atoms. The lowest BCUT2D eigenvalue weighted by molar-refractivity contribution is 0.0984. The molecule has 3 N–H and O–H groups in total. The second kappa shape index (κ2) is 5.34. The van der Waals surface area contributed by atoms with Crippen LogP contribution in [0.1, 0.15) is 12.8 Å². The Morgan fingerprint density at radius 3 is 2.61 bits per heavy atom. The molecule has 0 aromatic heterocycles. The number of nitrogen functional groups attached to an aromatic ring is 1. The van der Waals surface area contributed by atoms with Crippen LogP contribution < -0.4 is 10.5 Å². The van der Waals surface area contributed by atoms with Crippen LogP contribution in [0.25, 0.3) is 0 Å². The largest absolute Gasteiger partial charge is 0.399 e. The Balaban J connectivity index is 2.16. The number of nitrogens with two attached hydrogens (primary N) is 1. The van der Waals surface area contributed by atoms with Gasteiger partial charge >= 0.3 is 0 Å². The van der Waals surface area contributed by atoms with Crippen LogP contribution in [0, 0.1) is 0 Å². The van der Waals surface area contributed by atoms with Crippen molar-refractivity contribution in [1.29, 1.82) is 0 Å². The summed E-state index contributed by atoms with van der Waals surface area (Å²) in [6.45, 7) is 0.947. The van der Waals surface area contributed by atoms with Crippen molar-refractivity contribution in [2.75, 3.05) is 23.7 Å². The summed E-state index contributed by atoms with van der Waals surface area (Å²) in [5, 5.41) is -0.134. The highest BCUT2D eigenvalue weighted by atomic mass is 35.5. The SMILES string of the molecule is Nc1ccc(NS(=O)(=O)C2CCOCC2)c(Cl)c1. The summed E-state index contributed by atoms with van der Waals surface area (Å²) in [5.74, 6) is 0. The number of hydrogen-bond acceptors (Lipinski definition) is 4. The molecule has 0 aliphatic carbocycles. The fourth-order valence-electron chi connectivity index (χ4n) is 1.84. The quantitative estimate of drug-likeness (QED) is 0.832. The Hall–Kier alpha value is -0.980. The van der Waals surface area contributed by atoms with Crippen LogP contribution in [0.15, 0.2) is 18.2 Å². The molecule has 0 amide bonds. The number of halogens is 1. The summed E-state index contributed by atoms with van der Waals surface area (Å²) in [6, 6.07) is 4.69. The van der Waals surface area contributed by atoms with Gasteiger partial charge in [0.05, 0.1) is 16.0 Å². The maximum absolute atomic E-state index is 12.1. The van der Waals surface area contributed by atoms with E-state index in [1.165, 1.54) is 6.07 Å². The molecule has 1 aromatic carbocycles. The van der Waals surface area contributed by atoms with Crippen molar-refractivity contribution in [2.45, 2.75) is 18.1 Å². The first-order valence-electron chi connectivity index (χ1n) is 5.63. The Morgan fingerprint density at radius 1 is 1.33 bits per heavy atom. The molecule has 1 aliphatic heterocycles. The molecule has 0 radical (unpaired) electrons.